The van der Waals surface area contributed by atoms with Gasteiger partial charge in [0.2, 0.25) is 0 Å². The van der Waals surface area contributed by atoms with Gasteiger partial charge in [0.1, 0.15) is 21.6 Å². The van der Waals surface area contributed by atoms with Gasteiger partial charge in [-0.25, -0.2) is 8.42 Å². The molecular weight excluding hydrogens is 695 g/mol. The van der Waals surface area contributed by atoms with E-state index in [9.17, 15) is 44.3 Å². The number of amides is 2. The molecule has 2 aromatic rings. The lowest BCUT2D eigenvalue weighted by molar-refractivity contribution is -0.180. The fraction of sp³-hybridized carbons (Fsp3) is 0.417. The van der Waals surface area contributed by atoms with E-state index in [0.29, 0.717) is 8.58 Å². The van der Waals surface area contributed by atoms with E-state index in [1.807, 2.05) is 22.6 Å². The summed E-state index contributed by atoms with van der Waals surface area (Å²) in [7, 11) is -3.38. The van der Waals surface area contributed by atoms with Crippen LogP contribution in [0.5, 0.6) is 0 Å². The number of rotatable bonds is 8. The molecule has 0 bridgehead atoms. The molecule has 9 nitrogen and oxygen atoms in total. The first-order valence-corrected chi connectivity index (χ1v) is 14.9. The third-order valence-corrected chi connectivity index (χ3v) is 7.84. The Bertz CT molecular complexity index is 1480. The SMILES string of the molecule is Cc1nc(CN2N=C(C(F)(F)F)CC2C(F)(F)F)ccc1NC(=O)c1cccc(I)c1C(=O)N[C@@H](C)CS(C)(=O)=O. The summed E-state index contributed by atoms with van der Waals surface area (Å²) >= 11 is 1.85. The van der Waals surface area contributed by atoms with E-state index in [1.54, 1.807) is 6.07 Å². The second kappa shape index (κ2) is 12.1. The molecule has 0 aliphatic carbocycles. The molecule has 2 N–H and O–H groups in total. The molecule has 0 saturated heterocycles. The molecule has 2 atom stereocenters. The van der Waals surface area contributed by atoms with Crippen molar-refractivity contribution in [2.45, 2.75) is 51.2 Å². The Morgan fingerprint density at radius 2 is 1.78 bits per heavy atom. The van der Waals surface area contributed by atoms with Crippen molar-refractivity contribution in [1.29, 1.82) is 0 Å². The van der Waals surface area contributed by atoms with Crippen molar-refractivity contribution in [3.05, 3.63) is 56.4 Å². The highest BCUT2D eigenvalue weighted by molar-refractivity contribution is 14.1. The van der Waals surface area contributed by atoms with Crippen LogP contribution < -0.4 is 10.6 Å². The molecule has 0 saturated carbocycles. The first kappa shape index (κ1) is 32.6. The second-order valence-corrected chi connectivity index (χ2v) is 12.8. The smallest absolute Gasteiger partial charge is 0.349 e. The summed E-state index contributed by atoms with van der Waals surface area (Å²) in [6.45, 7) is 2.27. The van der Waals surface area contributed by atoms with Gasteiger partial charge in [-0.1, -0.05) is 6.07 Å². The van der Waals surface area contributed by atoms with Gasteiger partial charge in [-0.2, -0.15) is 31.4 Å². The number of carbonyl (C=O) groups is 2. The zero-order chi connectivity index (χ0) is 30.9. The van der Waals surface area contributed by atoms with E-state index in [-0.39, 0.29) is 34.0 Å². The first-order chi connectivity index (χ1) is 18.8. The topological polar surface area (TPSA) is 121 Å². The van der Waals surface area contributed by atoms with Crippen molar-refractivity contribution < 1.29 is 44.3 Å². The Morgan fingerprint density at radius 3 is 2.34 bits per heavy atom. The summed E-state index contributed by atoms with van der Waals surface area (Å²) in [5, 5.41) is 8.56. The minimum absolute atomic E-state index is 0.00117. The van der Waals surface area contributed by atoms with Crippen molar-refractivity contribution in [3.8, 4) is 0 Å². The summed E-state index contributed by atoms with van der Waals surface area (Å²) in [5.74, 6) is -1.71. The first-order valence-electron chi connectivity index (χ1n) is 11.8. The molecule has 1 unspecified atom stereocenters. The van der Waals surface area contributed by atoms with Crippen molar-refractivity contribution >= 4 is 55.6 Å². The minimum Gasteiger partial charge on any atom is -0.349 e. The van der Waals surface area contributed by atoms with Gasteiger partial charge in [-0.15, -0.1) is 0 Å². The molecule has 3 rings (SSSR count). The third-order valence-electron chi connectivity index (χ3n) is 5.83. The monoisotopic (exact) mass is 719 g/mol. The molecule has 224 valence electrons. The van der Waals surface area contributed by atoms with Gasteiger partial charge in [0, 0.05) is 22.3 Å². The average molecular weight is 719 g/mol. The van der Waals surface area contributed by atoms with Crippen LogP contribution in [0.25, 0.3) is 0 Å². The number of aryl methyl sites for hydroxylation is 1. The van der Waals surface area contributed by atoms with Gasteiger partial charge in [0.15, 0.2) is 0 Å². The number of benzene rings is 1. The number of halogens is 7. The lowest BCUT2D eigenvalue weighted by atomic mass is 10.1. The number of anilines is 1. The minimum atomic E-state index is -5.01. The van der Waals surface area contributed by atoms with Crippen molar-refractivity contribution in [1.82, 2.24) is 15.3 Å². The van der Waals surface area contributed by atoms with Crippen LogP contribution in [-0.2, 0) is 16.4 Å². The van der Waals surface area contributed by atoms with Gasteiger partial charge in [-0.05, 0) is 60.7 Å². The lowest BCUT2D eigenvalue weighted by Gasteiger charge is -2.25. The van der Waals surface area contributed by atoms with Crippen LogP contribution in [0.2, 0.25) is 0 Å². The Morgan fingerprint density at radius 1 is 1.12 bits per heavy atom. The summed E-state index contributed by atoms with van der Waals surface area (Å²) in [4.78, 5) is 30.2. The maximum atomic E-state index is 13.4. The quantitative estimate of drug-likeness (QED) is 0.307. The number of hydrazone groups is 1. The van der Waals surface area contributed by atoms with E-state index < -0.39 is 64.8 Å². The molecule has 17 heteroatoms. The van der Waals surface area contributed by atoms with Crippen molar-refractivity contribution in [2.75, 3.05) is 17.3 Å². The summed E-state index contributed by atoms with van der Waals surface area (Å²) in [6.07, 6.45) is -10.3. The normalized spacial score (nSPS) is 16.8. The van der Waals surface area contributed by atoms with E-state index >= 15 is 0 Å². The van der Waals surface area contributed by atoms with E-state index in [4.69, 9.17) is 0 Å². The fourth-order valence-electron chi connectivity index (χ4n) is 4.08. The largest absolute Gasteiger partial charge is 0.431 e. The Labute approximate surface area is 244 Å². The number of hydrogen-bond donors (Lipinski definition) is 2. The van der Waals surface area contributed by atoms with Gasteiger partial charge in [0.05, 0.1) is 40.5 Å². The Hall–Kier alpha value is -2.96. The molecule has 1 aromatic carbocycles. The zero-order valence-electron chi connectivity index (χ0n) is 21.7. The van der Waals surface area contributed by atoms with Crippen molar-refractivity contribution in [3.63, 3.8) is 0 Å². The molecular formula is C24H24F6IN5O4S. The number of nitrogens with zero attached hydrogens (tertiary/aromatic N) is 3. The molecule has 0 radical (unpaired) electrons. The molecule has 1 aromatic heterocycles. The summed E-state index contributed by atoms with van der Waals surface area (Å²) < 4.78 is 103. The number of nitrogens with one attached hydrogen (secondary N) is 2. The van der Waals surface area contributed by atoms with Crippen LogP contribution in [0.1, 0.15) is 45.4 Å². The summed E-state index contributed by atoms with van der Waals surface area (Å²) in [6, 6.07) is 3.85. The van der Waals surface area contributed by atoms with Gasteiger partial charge < -0.3 is 10.6 Å². The number of hydrogen-bond acceptors (Lipinski definition) is 7. The van der Waals surface area contributed by atoms with Crippen LogP contribution in [0.3, 0.4) is 0 Å². The maximum Gasteiger partial charge on any atom is 0.431 e. The van der Waals surface area contributed by atoms with E-state index in [1.165, 1.54) is 38.1 Å². The lowest BCUT2D eigenvalue weighted by Crippen LogP contribution is -2.40. The van der Waals surface area contributed by atoms with Gasteiger partial charge in [-0.3, -0.25) is 19.6 Å². The molecule has 2 amide bonds. The van der Waals surface area contributed by atoms with Gasteiger partial charge in [0.25, 0.3) is 11.8 Å². The number of alkyl halides is 6. The van der Waals surface area contributed by atoms with Crippen LogP contribution >= 0.6 is 22.6 Å². The molecule has 1 aliphatic rings. The maximum absolute atomic E-state index is 13.4. The van der Waals surface area contributed by atoms with Crippen molar-refractivity contribution in [2.24, 2.45) is 5.10 Å². The Kier molecular flexibility index (Phi) is 9.61. The fourth-order valence-corrected chi connectivity index (χ4v) is 5.82. The van der Waals surface area contributed by atoms with Crippen LogP contribution in [-0.4, -0.2) is 72.4 Å². The van der Waals surface area contributed by atoms with Gasteiger partial charge >= 0.3 is 12.4 Å². The zero-order valence-corrected chi connectivity index (χ0v) is 24.7. The number of carbonyl (C=O) groups excluding carboxylic acids is 2. The highest BCUT2D eigenvalue weighted by Crippen LogP contribution is 2.36. The standard InChI is InChI=1S/C24H24F6IN5O4S/c1-12(11-41(3,39)40)32-22(38)20-15(5-4-6-16(20)31)21(37)34-17-8-7-14(33-13(17)2)10-36-19(24(28,29)30)9-18(35-36)23(25,26)27/h4-8,12,19H,9-11H2,1-3H3,(H,32,38)(H,34,37)/t12-,19?/m0/s1. The second-order valence-electron chi connectivity index (χ2n) is 9.42. The van der Waals surface area contributed by atoms with E-state index in [2.05, 4.69) is 20.7 Å². The highest BCUT2D eigenvalue weighted by atomic mass is 127. The molecule has 1 aliphatic heterocycles. The predicted octanol–water partition coefficient (Wildman–Crippen LogP) is 4.46. The average Bonchev–Trinajstić information content (AvgIpc) is 3.24. The van der Waals surface area contributed by atoms with E-state index in [0.717, 1.165) is 6.26 Å². The third kappa shape index (κ3) is 8.52. The molecule has 2 heterocycles. The molecule has 41 heavy (non-hydrogen) atoms. The molecule has 0 spiro atoms. The highest BCUT2D eigenvalue weighted by Gasteiger charge is 2.52. The Balaban J connectivity index is 1.80. The number of sulfone groups is 1. The number of aromatic nitrogens is 1. The molecule has 0 fully saturated rings. The van der Waals surface area contributed by atoms with Crippen LogP contribution in [0, 0.1) is 10.5 Å². The summed E-state index contributed by atoms with van der Waals surface area (Å²) in [5.41, 5.74) is -1.30. The predicted molar refractivity (Wildman–Crippen MR) is 146 cm³/mol. The van der Waals surface area contributed by atoms with Crippen LogP contribution in [0.4, 0.5) is 32.0 Å². The number of pyridine rings is 1. The van der Waals surface area contributed by atoms with Crippen LogP contribution in [0.15, 0.2) is 35.4 Å².